The summed E-state index contributed by atoms with van der Waals surface area (Å²) in [6, 6.07) is 4.74. The summed E-state index contributed by atoms with van der Waals surface area (Å²) in [5.41, 5.74) is 0.457. The minimum Gasteiger partial charge on any atom is -0.495 e. The first-order chi connectivity index (χ1) is 15.8. The molecule has 1 N–H and O–H groups in total. The number of hydrogen-bond donors (Lipinski definition) is 1. The highest BCUT2D eigenvalue weighted by Crippen LogP contribution is 2.42. The number of amides is 1. The summed E-state index contributed by atoms with van der Waals surface area (Å²) in [5, 5.41) is 11.2. The second-order valence-electron chi connectivity index (χ2n) is 6.50. The smallest absolute Gasteiger partial charge is 0.259 e. The fraction of sp³-hybridized carbons (Fsp3) is 0.364. The number of ketones is 1. The van der Waals surface area contributed by atoms with E-state index in [4.69, 9.17) is 42.1 Å². The SMILES string of the molecule is CCOc1cc(Cl)cc(OCC)c1NC(=O)C(N=Nc1ccc(OC)c(Cl)c1OC)C(C)=O. The number of ether oxygens (including phenoxy) is 4. The van der Waals surface area contributed by atoms with Gasteiger partial charge in [-0.25, -0.2) is 0 Å². The van der Waals surface area contributed by atoms with Crippen LogP contribution in [0.3, 0.4) is 0 Å². The van der Waals surface area contributed by atoms with Crippen molar-refractivity contribution in [2.24, 2.45) is 10.2 Å². The molecule has 0 fully saturated rings. The molecule has 1 unspecified atom stereocenters. The number of nitrogens with one attached hydrogen (secondary N) is 1. The Labute approximate surface area is 202 Å². The zero-order chi connectivity index (χ0) is 24.5. The fourth-order valence-corrected chi connectivity index (χ4v) is 3.32. The van der Waals surface area contributed by atoms with E-state index in [9.17, 15) is 9.59 Å². The van der Waals surface area contributed by atoms with Crippen molar-refractivity contribution in [2.45, 2.75) is 26.8 Å². The van der Waals surface area contributed by atoms with Gasteiger partial charge in [0.2, 0.25) is 6.04 Å². The summed E-state index contributed by atoms with van der Waals surface area (Å²) in [6.07, 6.45) is 0. The summed E-state index contributed by atoms with van der Waals surface area (Å²) in [5.74, 6) is -0.0940. The molecule has 0 spiro atoms. The number of azo groups is 1. The van der Waals surface area contributed by atoms with Gasteiger partial charge in [0, 0.05) is 17.2 Å². The highest BCUT2D eigenvalue weighted by Gasteiger charge is 2.26. The first-order valence-electron chi connectivity index (χ1n) is 9.99. The van der Waals surface area contributed by atoms with Gasteiger partial charge in [-0.15, -0.1) is 0 Å². The van der Waals surface area contributed by atoms with Crippen LogP contribution in [0, 0.1) is 0 Å². The second kappa shape index (κ2) is 12.3. The number of benzene rings is 2. The Balaban J connectivity index is 2.40. The molecule has 0 aliphatic heterocycles. The van der Waals surface area contributed by atoms with Crippen molar-refractivity contribution in [3.8, 4) is 23.0 Å². The Kier molecular flexibility index (Phi) is 9.74. The van der Waals surface area contributed by atoms with Gasteiger partial charge in [-0.1, -0.05) is 23.2 Å². The summed E-state index contributed by atoms with van der Waals surface area (Å²) in [7, 11) is 2.86. The topological polar surface area (TPSA) is 108 Å². The van der Waals surface area contributed by atoms with Gasteiger partial charge in [-0.05, 0) is 32.9 Å². The van der Waals surface area contributed by atoms with Gasteiger partial charge < -0.3 is 24.3 Å². The van der Waals surface area contributed by atoms with Crippen LogP contribution < -0.4 is 24.3 Å². The van der Waals surface area contributed by atoms with E-state index >= 15 is 0 Å². The largest absolute Gasteiger partial charge is 0.495 e. The number of halogens is 2. The molecule has 0 saturated heterocycles. The van der Waals surface area contributed by atoms with Gasteiger partial charge in [0.1, 0.15) is 33.6 Å². The lowest BCUT2D eigenvalue weighted by molar-refractivity contribution is -0.126. The summed E-state index contributed by atoms with van der Waals surface area (Å²) in [6.45, 7) is 5.45. The van der Waals surface area contributed by atoms with Crippen LogP contribution in [0.5, 0.6) is 23.0 Å². The van der Waals surface area contributed by atoms with Gasteiger partial charge in [-0.2, -0.15) is 10.2 Å². The van der Waals surface area contributed by atoms with Crippen LogP contribution in [0.4, 0.5) is 11.4 Å². The molecule has 0 radical (unpaired) electrons. The number of rotatable bonds is 11. The van der Waals surface area contributed by atoms with E-state index in [1.165, 1.54) is 33.3 Å². The molecule has 2 aromatic carbocycles. The molecule has 11 heteroatoms. The van der Waals surface area contributed by atoms with E-state index < -0.39 is 17.7 Å². The van der Waals surface area contributed by atoms with Crippen molar-refractivity contribution in [1.82, 2.24) is 0 Å². The highest BCUT2D eigenvalue weighted by molar-refractivity contribution is 6.34. The maximum Gasteiger partial charge on any atom is 0.259 e. The van der Waals surface area contributed by atoms with E-state index in [1.807, 2.05) is 0 Å². The normalized spacial score (nSPS) is 11.7. The summed E-state index contributed by atoms with van der Waals surface area (Å²) in [4.78, 5) is 25.2. The van der Waals surface area contributed by atoms with Crippen molar-refractivity contribution in [3.63, 3.8) is 0 Å². The Hall–Kier alpha value is -3.04. The van der Waals surface area contributed by atoms with Gasteiger partial charge >= 0.3 is 0 Å². The van der Waals surface area contributed by atoms with Crippen molar-refractivity contribution in [3.05, 3.63) is 34.3 Å². The molecule has 2 aromatic rings. The number of methoxy groups -OCH3 is 2. The molecule has 33 heavy (non-hydrogen) atoms. The van der Waals surface area contributed by atoms with Crippen LogP contribution >= 0.6 is 23.2 Å². The van der Waals surface area contributed by atoms with E-state index in [1.54, 1.807) is 26.0 Å². The van der Waals surface area contributed by atoms with Crippen LogP contribution in [-0.2, 0) is 9.59 Å². The highest BCUT2D eigenvalue weighted by atomic mass is 35.5. The Bertz CT molecular complexity index is 1020. The third kappa shape index (κ3) is 6.49. The van der Waals surface area contributed by atoms with Gasteiger partial charge in [0.25, 0.3) is 5.91 Å². The summed E-state index contributed by atoms with van der Waals surface area (Å²) >= 11 is 12.4. The summed E-state index contributed by atoms with van der Waals surface area (Å²) < 4.78 is 21.6. The third-order valence-corrected chi connectivity index (χ3v) is 4.83. The lowest BCUT2D eigenvalue weighted by Crippen LogP contribution is -2.32. The van der Waals surface area contributed by atoms with Gasteiger partial charge in [0.15, 0.2) is 11.5 Å². The monoisotopic (exact) mass is 497 g/mol. The van der Waals surface area contributed by atoms with Crippen LogP contribution in [0.25, 0.3) is 0 Å². The van der Waals surface area contributed by atoms with Crippen LogP contribution in [0.15, 0.2) is 34.5 Å². The Morgan fingerprint density at radius 2 is 1.61 bits per heavy atom. The number of nitrogens with zero attached hydrogens (tertiary/aromatic N) is 2. The van der Waals surface area contributed by atoms with Crippen molar-refractivity contribution < 1.29 is 28.5 Å². The number of carbonyl (C=O) groups excluding carboxylic acids is 2. The predicted molar refractivity (Wildman–Crippen MR) is 126 cm³/mol. The maximum absolute atomic E-state index is 13.0. The molecule has 0 heterocycles. The van der Waals surface area contributed by atoms with Crippen molar-refractivity contribution in [1.29, 1.82) is 0 Å². The van der Waals surface area contributed by atoms with Gasteiger partial charge in [0.05, 0.1) is 27.4 Å². The molecule has 9 nitrogen and oxygen atoms in total. The number of Topliss-reactive ketones (excluding diaryl/α,β-unsaturated/α-hetero) is 1. The van der Waals surface area contributed by atoms with E-state index in [-0.39, 0.29) is 22.1 Å². The predicted octanol–water partition coefficient (Wildman–Crippen LogP) is 5.49. The molecule has 0 bridgehead atoms. The zero-order valence-electron chi connectivity index (χ0n) is 18.9. The average molecular weight is 498 g/mol. The second-order valence-corrected chi connectivity index (χ2v) is 7.31. The fourth-order valence-electron chi connectivity index (χ4n) is 2.81. The van der Waals surface area contributed by atoms with Crippen molar-refractivity contribution in [2.75, 3.05) is 32.8 Å². The number of anilines is 1. The molecular weight excluding hydrogens is 473 g/mol. The van der Waals surface area contributed by atoms with Crippen molar-refractivity contribution >= 4 is 46.3 Å². The van der Waals surface area contributed by atoms with E-state index in [0.29, 0.717) is 35.5 Å². The lowest BCUT2D eigenvalue weighted by atomic mass is 10.2. The molecule has 0 aliphatic carbocycles. The molecule has 178 valence electrons. The molecule has 0 aromatic heterocycles. The lowest BCUT2D eigenvalue weighted by Gasteiger charge is -2.18. The molecule has 1 amide bonds. The zero-order valence-corrected chi connectivity index (χ0v) is 20.4. The first-order valence-corrected chi connectivity index (χ1v) is 10.7. The van der Waals surface area contributed by atoms with E-state index in [0.717, 1.165) is 0 Å². The molecule has 1 atom stereocenters. The minimum atomic E-state index is -1.45. The van der Waals surface area contributed by atoms with Crippen LogP contribution in [0.2, 0.25) is 10.0 Å². The average Bonchev–Trinajstić information content (AvgIpc) is 2.76. The van der Waals surface area contributed by atoms with E-state index in [2.05, 4.69) is 15.5 Å². The number of carbonyl (C=O) groups is 2. The standard InChI is InChI=1S/C22H25Cl2N3O6/c1-6-32-16-10-13(23)11-17(33-7-2)20(16)25-22(29)19(12(3)28)27-26-14-8-9-15(30-4)18(24)21(14)31-5/h8-11,19H,6-7H2,1-5H3,(H,25,29). The van der Waals surface area contributed by atoms with Crippen LogP contribution in [0.1, 0.15) is 20.8 Å². The number of hydrogen-bond acceptors (Lipinski definition) is 8. The molecular formula is C22H25Cl2N3O6. The maximum atomic E-state index is 13.0. The minimum absolute atomic E-state index is 0.184. The molecule has 2 rings (SSSR count). The Morgan fingerprint density at radius 3 is 2.09 bits per heavy atom. The molecule has 0 aliphatic rings. The van der Waals surface area contributed by atoms with Gasteiger partial charge in [-0.3, -0.25) is 9.59 Å². The third-order valence-electron chi connectivity index (χ3n) is 4.26. The molecule has 0 saturated carbocycles. The quantitative estimate of drug-likeness (QED) is 0.324. The first kappa shape index (κ1) is 26.2. The van der Waals surface area contributed by atoms with Crippen LogP contribution in [-0.4, -0.2) is 45.2 Å². The Morgan fingerprint density at radius 1 is 1.00 bits per heavy atom.